The summed E-state index contributed by atoms with van der Waals surface area (Å²) >= 11 is 0. The van der Waals surface area contributed by atoms with E-state index in [0.717, 1.165) is 50.2 Å². The van der Waals surface area contributed by atoms with Gasteiger partial charge in [-0.25, -0.2) is 0 Å². The van der Waals surface area contributed by atoms with Gasteiger partial charge in [0.25, 0.3) is 5.91 Å². The van der Waals surface area contributed by atoms with E-state index in [0.29, 0.717) is 11.6 Å². The number of azo groups is 1. The third-order valence-corrected chi connectivity index (χ3v) is 4.22. The summed E-state index contributed by atoms with van der Waals surface area (Å²) in [4.78, 5) is 12.2. The monoisotopic (exact) mass is 256 g/mol. The molecule has 5 nitrogen and oxygen atoms in total. The SMILES string of the molecule is O=C(NCC1CCNCC1)C1=C2C=C3CC3=C2N=N1. The van der Waals surface area contributed by atoms with Gasteiger partial charge in [-0.05, 0) is 49.1 Å². The van der Waals surface area contributed by atoms with Crippen LogP contribution in [-0.2, 0) is 4.79 Å². The second kappa shape index (κ2) is 4.13. The predicted molar refractivity (Wildman–Crippen MR) is 70.2 cm³/mol. The van der Waals surface area contributed by atoms with Crippen molar-refractivity contribution in [2.75, 3.05) is 19.6 Å². The van der Waals surface area contributed by atoms with E-state index in [4.69, 9.17) is 0 Å². The highest BCUT2D eigenvalue weighted by Crippen LogP contribution is 2.51. The van der Waals surface area contributed by atoms with Gasteiger partial charge in [0.2, 0.25) is 0 Å². The Bertz CT molecular complexity index is 576. The van der Waals surface area contributed by atoms with Crippen LogP contribution in [0.25, 0.3) is 0 Å². The highest BCUT2D eigenvalue weighted by atomic mass is 16.2. The first-order chi connectivity index (χ1) is 9.33. The Kier molecular flexibility index (Phi) is 2.41. The van der Waals surface area contributed by atoms with Crippen LogP contribution in [-0.4, -0.2) is 25.5 Å². The normalized spacial score (nSPS) is 24.5. The second-order valence-electron chi connectivity index (χ2n) is 5.54. The lowest BCUT2D eigenvalue weighted by atomic mass is 9.98. The molecule has 2 fully saturated rings. The number of nitrogens with one attached hydrogen (secondary N) is 2. The molecule has 2 aliphatic heterocycles. The number of allylic oxidation sites excluding steroid dienone is 3. The average Bonchev–Trinajstić information content (AvgIpc) is 2.93. The summed E-state index contributed by atoms with van der Waals surface area (Å²) in [5.74, 6) is 0.508. The average molecular weight is 256 g/mol. The molecule has 98 valence electrons. The van der Waals surface area contributed by atoms with Crippen molar-refractivity contribution in [3.05, 3.63) is 34.2 Å². The third-order valence-electron chi connectivity index (χ3n) is 4.22. The van der Waals surface area contributed by atoms with Gasteiger partial charge in [0.1, 0.15) is 0 Å². The van der Waals surface area contributed by atoms with Gasteiger partial charge < -0.3 is 10.6 Å². The zero-order valence-corrected chi connectivity index (χ0v) is 10.7. The lowest BCUT2D eigenvalue weighted by Gasteiger charge is -2.22. The fourth-order valence-electron chi connectivity index (χ4n) is 2.95. The molecule has 0 radical (unpaired) electrons. The van der Waals surface area contributed by atoms with Gasteiger partial charge in [0.15, 0.2) is 5.70 Å². The molecule has 1 saturated carbocycles. The minimum atomic E-state index is -0.0777. The number of hydrogen-bond donors (Lipinski definition) is 2. The van der Waals surface area contributed by atoms with Crippen molar-refractivity contribution in [3.63, 3.8) is 0 Å². The Balaban J connectivity index is 1.42. The lowest BCUT2D eigenvalue weighted by molar-refractivity contribution is -0.117. The molecule has 1 saturated heterocycles. The van der Waals surface area contributed by atoms with E-state index in [9.17, 15) is 4.79 Å². The molecule has 19 heavy (non-hydrogen) atoms. The quantitative estimate of drug-likeness (QED) is 0.802. The molecule has 0 aromatic rings. The molecular weight excluding hydrogens is 240 g/mol. The number of rotatable bonds is 3. The van der Waals surface area contributed by atoms with Crippen molar-refractivity contribution in [2.45, 2.75) is 19.3 Å². The van der Waals surface area contributed by atoms with Crippen LogP contribution in [0.15, 0.2) is 44.4 Å². The number of fused-ring (bicyclic) bond motifs is 2. The topological polar surface area (TPSA) is 65.8 Å². The molecule has 0 unspecified atom stereocenters. The molecule has 4 rings (SSSR count). The Morgan fingerprint density at radius 1 is 1.37 bits per heavy atom. The Morgan fingerprint density at radius 2 is 2.21 bits per heavy atom. The number of amides is 1. The summed E-state index contributed by atoms with van der Waals surface area (Å²) in [7, 11) is 0. The van der Waals surface area contributed by atoms with E-state index < -0.39 is 0 Å². The van der Waals surface area contributed by atoms with Crippen LogP contribution in [0.4, 0.5) is 0 Å². The van der Waals surface area contributed by atoms with E-state index >= 15 is 0 Å². The first kappa shape index (κ1) is 11.1. The van der Waals surface area contributed by atoms with Crippen LogP contribution in [0.5, 0.6) is 0 Å². The highest BCUT2D eigenvalue weighted by molar-refractivity contribution is 5.97. The smallest absolute Gasteiger partial charge is 0.272 e. The predicted octanol–water partition coefficient (Wildman–Crippen LogP) is 1.42. The van der Waals surface area contributed by atoms with E-state index in [1.165, 1.54) is 11.1 Å². The molecule has 0 aromatic heterocycles. The maximum atomic E-state index is 12.2. The second-order valence-corrected chi connectivity index (χ2v) is 5.54. The molecule has 1 amide bonds. The minimum absolute atomic E-state index is 0.0777. The molecule has 0 spiro atoms. The Labute approximate surface area is 111 Å². The largest absolute Gasteiger partial charge is 0.350 e. The van der Waals surface area contributed by atoms with Crippen molar-refractivity contribution >= 4 is 5.91 Å². The van der Waals surface area contributed by atoms with Crippen LogP contribution < -0.4 is 10.6 Å². The molecule has 2 heterocycles. The van der Waals surface area contributed by atoms with E-state index in [-0.39, 0.29) is 5.91 Å². The number of nitrogens with zero attached hydrogens (tertiary/aromatic N) is 2. The fourth-order valence-corrected chi connectivity index (χ4v) is 2.95. The summed E-state index contributed by atoms with van der Waals surface area (Å²) in [5.41, 5.74) is 4.96. The van der Waals surface area contributed by atoms with Gasteiger partial charge in [-0.1, -0.05) is 0 Å². The van der Waals surface area contributed by atoms with Crippen LogP contribution in [0.1, 0.15) is 19.3 Å². The molecule has 4 aliphatic rings. The molecule has 2 N–H and O–H groups in total. The summed E-state index contributed by atoms with van der Waals surface area (Å²) in [6.45, 7) is 2.85. The molecule has 2 aliphatic carbocycles. The zero-order valence-electron chi connectivity index (χ0n) is 10.7. The standard InChI is InChI=1S/C14H16N4O/c19-14(16-7-8-1-3-15-4-2-8)13-11-6-9-5-10(9)12(11)17-18-13/h6,8,15H,1-5,7H2,(H,16,19). The van der Waals surface area contributed by atoms with Crippen molar-refractivity contribution in [3.8, 4) is 0 Å². The maximum absolute atomic E-state index is 12.2. The molecule has 0 atom stereocenters. The van der Waals surface area contributed by atoms with Gasteiger partial charge in [-0.3, -0.25) is 4.79 Å². The highest BCUT2D eigenvalue weighted by Gasteiger charge is 2.38. The summed E-state index contributed by atoms with van der Waals surface area (Å²) in [5, 5.41) is 14.5. The van der Waals surface area contributed by atoms with Crippen molar-refractivity contribution < 1.29 is 4.79 Å². The van der Waals surface area contributed by atoms with Crippen molar-refractivity contribution in [2.24, 2.45) is 16.1 Å². The van der Waals surface area contributed by atoms with Crippen LogP contribution in [0.2, 0.25) is 0 Å². The van der Waals surface area contributed by atoms with Crippen LogP contribution in [0, 0.1) is 5.92 Å². The van der Waals surface area contributed by atoms with E-state index in [1.54, 1.807) is 0 Å². The van der Waals surface area contributed by atoms with Crippen molar-refractivity contribution in [1.29, 1.82) is 0 Å². The van der Waals surface area contributed by atoms with Gasteiger partial charge >= 0.3 is 0 Å². The lowest BCUT2D eigenvalue weighted by Crippen LogP contribution is -2.36. The number of carbonyl (C=O) groups is 1. The van der Waals surface area contributed by atoms with Gasteiger partial charge in [-0.15, -0.1) is 10.2 Å². The van der Waals surface area contributed by atoms with Gasteiger partial charge in [0.05, 0.1) is 5.70 Å². The van der Waals surface area contributed by atoms with E-state index in [2.05, 4.69) is 26.9 Å². The van der Waals surface area contributed by atoms with Gasteiger partial charge in [-0.2, -0.15) is 0 Å². The molecule has 5 heteroatoms. The molecule has 0 aromatic carbocycles. The third kappa shape index (κ3) is 1.85. The Morgan fingerprint density at radius 3 is 3.05 bits per heavy atom. The van der Waals surface area contributed by atoms with Crippen molar-refractivity contribution in [1.82, 2.24) is 10.6 Å². The first-order valence-corrected chi connectivity index (χ1v) is 6.92. The summed E-state index contributed by atoms with van der Waals surface area (Å²) in [6.07, 6.45) is 5.35. The molecular formula is C14H16N4O. The molecule has 0 bridgehead atoms. The number of carbonyl (C=O) groups excluding carboxylic acids is 1. The van der Waals surface area contributed by atoms with Crippen LogP contribution in [0.3, 0.4) is 0 Å². The zero-order chi connectivity index (χ0) is 12.8. The summed E-state index contributed by atoms with van der Waals surface area (Å²) < 4.78 is 0. The summed E-state index contributed by atoms with van der Waals surface area (Å²) in [6, 6.07) is 0. The minimum Gasteiger partial charge on any atom is -0.350 e. The van der Waals surface area contributed by atoms with Gasteiger partial charge in [0, 0.05) is 18.5 Å². The Hall–Kier alpha value is -1.75. The number of hydrogen-bond acceptors (Lipinski definition) is 4. The number of piperidine rings is 1. The first-order valence-electron chi connectivity index (χ1n) is 6.92. The maximum Gasteiger partial charge on any atom is 0.272 e. The van der Waals surface area contributed by atoms with E-state index in [1.807, 2.05) is 0 Å². The van der Waals surface area contributed by atoms with Crippen LogP contribution >= 0.6 is 0 Å². The fraction of sp³-hybridized carbons (Fsp3) is 0.500.